The fourth-order valence-electron chi connectivity index (χ4n) is 2.48. The second kappa shape index (κ2) is 7.79. The summed E-state index contributed by atoms with van der Waals surface area (Å²) in [6.45, 7) is 1.86. The van der Waals surface area contributed by atoms with Gasteiger partial charge in [0.1, 0.15) is 11.7 Å². The molecule has 0 spiro atoms. The first-order chi connectivity index (χ1) is 11.9. The molecule has 0 saturated heterocycles. The fourth-order valence-corrected chi connectivity index (χ4v) is 2.65. The number of aliphatic hydroxyl groups is 1. The van der Waals surface area contributed by atoms with Gasteiger partial charge in [-0.05, 0) is 30.2 Å². The van der Waals surface area contributed by atoms with Gasteiger partial charge < -0.3 is 10.8 Å². The van der Waals surface area contributed by atoms with Crippen LogP contribution in [0.25, 0.3) is 0 Å². The highest BCUT2D eigenvalue weighted by Gasteiger charge is 2.32. The van der Waals surface area contributed by atoms with E-state index in [2.05, 4.69) is 10.5 Å². The number of hydrogen-bond acceptors (Lipinski definition) is 5. The molecule has 2 aromatic carbocycles. The number of nitrogens with one attached hydrogen (secondary N) is 2. The summed E-state index contributed by atoms with van der Waals surface area (Å²) in [6.07, 6.45) is 0.396. The van der Waals surface area contributed by atoms with Gasteiger partial charge in [-0.3, -0.25) is 10.8 Å². The number of hydrazone groups is 1. The molecule has 2 aromatic rings. The minimum Gasteiger partial charge on any atom is -0.382 e. The Labute approximate surface area is 151 Å². The number of nitrogens with zero attached hydrogens (tertiary/aromatic N) is 2. The Hall–Kier alpha value is -2.88. The van der Waals surface area contributed by atoms with E-state index in [1.165, 1.54) is 0 Å². The number of rotatable bonds is 6. The van der Waals surface area contributed by atoms with Crippen molar-refractivity contribution in [2.45, 2.75) is 18.9 Å². The zero-order chi connectivity index (χ0) is 18.4. The summed E-state index contributed by atoms with van der Waals surface area (Å²) in [4.78, 5) is 0. The maximum absolute atomic E-state index is 11.3. The van der Waals surface area contributed by atoms with E-state index < -0.39 is 11.4 Å². The lowest BCUT2D eigenvalue weighted by Gasteiger charge is -2.30. The molecule has 0 aliphatic heterocycles. The van der Waals surface area contributed by atoms with E-state index in [0.29, 0.717) is 28.3 Å². The van der Waals surface area contributed by atoms with E-state index in [0.717, 1.165) is 0 Å². The molecule has 0 bridgehead atoms. The molecular formula is C18H18ClN5O. The summed E-state index contributed by atoms with van der Waals surface area (Å²) >= 11 is 6.13. The van der Waals surface area contributed by atoms with E-state index >= 15 is 0 Å². The third-order valence-corrected chi connectivity index (χ3v) is 4.07. The highest BCUT2D eigenvalue weighted by molar-refractivity contribution is 6.45. The van der Waals surface area contributed by atoms with Gasteiger partial charge in [-0.1, -0.05) is 48.9 Å². The van der Waals surface area contributed by atoms with Crippen LogP contribution in [0.4, 0.5) is 5.69 Å². The van der Waals surface area contributed by atoms with E-state index in [4.69, 9.17) is 28.0 Å². The Kier molecular flexibility index (Phi) is 5.75. The summed E-state index contributed by atoms with van der Waals surface area (Å²) < 4.78 is 0. The van der Waals surface area contributed by atoms with Crippen LogP contribution in [0, 0.1) is 16.7 Å². The van der Waals surface area contributed by atoms with Crippen molar-refractivity contribution in [3.63, 3.8) is 0 Å². The van der Waals surface area contributed by atoms with Crippen LogP contribution in [-0.4, -0.2) is 16.7 Å². The van der Waals surface area contributed by atoms with Crippen LogP contribution in [-0.2, 0) is 5.60 Å². The molecule has 0 saturated carbocycles. The number of benzene rings is 2. The van der Waals surface area contributed by atoms with Crippen molar-refractivity contribution in [3.8, 4) is 6.07 Å². The van der Waals surface area contributed by atoms with E-state index in [-0.39, 0.29) is 5.71 Å². The molecule has 0 aliphatic carbocycles. The fraction of sp³-hybridized carbons (Fsp3) is 0.167. The van der Waals surface area contributed by atoms with Crippen molar-refractivity contribution in [2.24, 2.45) is 10.8 Å². The summed E-state index contributed by atoms with van der Waals surface area (Å²) in [7, 11) is 0. The molecule has 1 atom stereocenters. The summed E-state index contributed by atoms with van der Waals surface area (Å²) in [6, 6.07) is 15.9. The Morgan fingerprint density at radius 2 is 2.04 bits per heavy atom. The Morgan fingerprint density at radius 3 is 2.60 bits per heavy atom. The third-order valence-electron chi connectivity index (χ3n) is 3.84. The van der Waals surface area contributed by atoms with Crippen molar-refractivity contribution >= 4 is 28.8 Å². The molecule has 0 fully saturated rings. The van der Waals surface area contributed by atoms with Gasteiger partial charge in [0.05, 0.1) is 5.69 Å². The maximum atomic E-state index is 11.3. The predicted molar refractivity (Wildman–Crippen MR) is 99.8 cm³/mol. The molecule has 0 amide bonds. The molecule has 1 unspecified atom stereocenters. The zero-order valence-electron chi connectivity index (χ0n) is 13.6. The van der Waals surface area contributed by atoms with Gasteiger partial charge in [0, 0.05) is 10.6 Å². The van der Waals surface area contributed by atoms with Gasteiger partial charge in [0.25, 0.3) is 0 Å². The number of nitriles is 1. The molecule has 6 nitrogen and oxygen atoms in total. The molecule has 0 aliphatic rings. The van der Waals surface area contributed by atoms with Gasteiger partial charge in [-0.15, -0.1) is 0 Å². The second-order valence-corrected chi connectivity index (χ2v) is 5.80. The van der Waals surface area contributed by atoms with Gasteiger partial charge in [-0.2, -0.15) is 10.4 Å². The third kappa shape index (κ3) is 3.97. The average molecular weight is 356 g/mol. The Bertz CT molecular complexity index is 844. The van der Waals surface area contributed by atoms with Crippen LogP contribution in [0.15, 0.2) is 53.6 Å². The smallest absolute Gasteiger partial charge is 0.201 e. The minimum atomic E-state index is -1.30. The summed E-state index contributed by atoms with van der Waals surface area (Å²) in [5.74, 6) is -0.445. The Balaban J connectivity index is 2.55. The molecule has 7 heteroatoms. The molecule has 0 heterocycles. The number of hydrogen-bond donors (Lipinski definition) is 4. The van der Waals surface area contributed by atoms with Gasteiger partial charge in [-0.25, -0.2) is 0 Å². The predicted octanol–water partition coefficient (Wildman–Crippen LogP) is 3.21. The molecule has 0 aromatic heterocycles. The standard InChI is InChI=1S/C18H18ClN5O/c1-2-18(25,12-6-4-3-5-7-12)14-10-13(19)8-9-15(14)23-24-16(11-20)17(21)22/h3-10,23,25H,2H2,1H3,(H3,21,22)/b24-16+. The highest BCUT2D eigenvalue weighted by atomic mass is 35.5. The van der Waals surface area contributed by atoms with Gasteiger partial charge >= 0.3 is 0 Å². The lowest BCUT2D eigenvalue weighted by atomic mass is 9.83. The van der Waals surface area contributed by atoms with Crippen LogP contribution in [0.1, 0.15) is 24.5 Å². The number of anilines is 1. The van der Waals surface area contributed by atoms with Crippen LogP contribution < -0.4 is 11.2 Å². The Morgan fingerprint density at radius 1 is 1.36 bits per heavy atom. The molecule has 5 N–H and O–H groups in total. The summed E-state index contributed by atoms with van der Waals surface area (Å²) in [5.41, 5.74) is 8.14. The van der Waals surface area contributed by atoms with Crippen LogP contribution in [0.2, 0.25) is 5.02 Å². The molecule has 25 heavy (non-hydrogen) atoms. The second-order valence-electron chi connectivity index (χ2n) is 5.37. The highest BCUT2D eigenvalue weighted by Crippen LogP contribution is 2.38. The SMILES string of the molecule is CCC(O)(c1ccccc1)c1cc(Cl)ccc1N/N=C(\C#N)C(=N)N. The van der Waals surface area contributed by atoms with Crippen LogP contribution in [0.5, 0.6) is 0 Å². The van der Waals surface area contributed by atoms with Gasteiger partial charge in [0.15, 0.2) is 5.84 Å². The van der Waals surface area contributed by atoms with E-state index in [1.54, 1.807) is 24.3 Å². The maximum Gasteiger partial charge on any atom is 0.201 e. The minimum absolute atomic E-state index is 0.249. The molecule has 2 rings (SSSR count). The first kappa shape index (κ1) is 18.5. The zero-order valence-corrected chi connectivity index (χ0v) is 14.4. The number of nitrogens with two attached hydrogens (primary N) is 1. The van der Waals surface area contributed by atoms with Crippen LogP contribution in [0.3, 0.4) is 0 Å². The first-order valence-corrected chi connectivity index (χ1v) is 7.96. The quantitative estimate of drug-likeness (QED) is 0.361. The molecule has 0 radical (unpaired) electrons. The molecular weight excluding hydrogens is 338 g/mol. The summed E-state index contributed by atoms with van der Waals surface area (Å²) in [5, 5.41) is 31.9. The largest absolute Gasteiger partial charge is 0.382 e. The topological polar surface area (TPSA) is 118 Å². The van der Waals surface area contributed by atoms with Crippen molar-refractivity contribution in [3.05, 3.63) is 64.7 Å². The van der Waals surface area contributed by atoms with E-state index in [1.807, 2.05) is 37.3 Å². The lowest BCUT2D eigenvalue weighted by Crippen LogP contribution is -2.27. The van der Waals surface area contributed by atoms with Crippen LogP contribution >= 0.6 is 11.6 Å². The van der Waals surface area contributed by atoms with Crippen molar-refractivity contribution in [1.82, 2.24) is 0 Å². The number of halogens is 1. The van der Waals surface area contributed by atoms with Crippen molar-refractivity contribution in [1.29, 1.82) is 10.7 Å². The van der Waals surface area contributed by atoms with E-state index in [9.17, 15) is 5.11 Å². The molecule has 128 valence electrons. The van der Waals surface area contributed by atoms with Crippen molar-refractivity contribution < 1.29 is 5.11 Å². The average Bonchev–Trinajstić information content (AvgIpc) is 2.63. The number of amidine groups is 1. The van der Waals surface area contributed by atoms with Crippen molar-refractivity contribution in [2.75, 3.05) is 5.43 Å². The monoisotopic (exact) mass is 355 g/mol. The first-order valence-electron chi connectivity index (χ1n) is 7.58. The normalized spacial score (nSPS) is 13.6. The van der Waals surface area contributed by atoms with Gasteiger partial charge in [0.2, 0.25) is 5.71 Å². The lowest BCUT2D eigenvalue weighted by molar-refractivity contribution is 0.0772.